The van der Waals surface area contributed by atoms with Gasteiger partial charge in [0, 0.05) is 32.7 Å². The first-order valence-electron chi connectivity index (χ1n) is 11.3. The summed E-state index contributed by atoms with van der Waals surface area (Å²) < 4.78 is 6.02. The summed E-state index contributed by atoms with van der Waals surface area (Å²) in [6, 6.07) is 18.2. The average Bonchev–Trinajstić information content (AvgIpc) is 2.75. The van der Waals surface area contributed by atoms with Crippen LogP contribution in [0, 0.1) is 0 Å². The highest BCUT2D eigenvalue weighted by Gasteiger charge is 2.24. The zero-order valence-corrected chi connectivity index (χ0v) is 19.6. The second-order valence-electron chi connectivity index (χ2n) is 9.61. The zero-order chi connectivity index (χ0) is 22.4. The summed E-state index contributed by atoms with van der Waals surface area (Å²) in [5, 5.41) is 3.24. The van der Waals surface area contributed by atoms with Gasteiger partial charge in [-0.25, -0.2) is 0 Å². The number of hydrogen-bond acceptors (Lipinski definition) is 4. The van der Waals surface area contributed by atoms with Crippen LogP contribution in [0.1, 0.15) is 44.9 Å². The van der Waals surface area contributed by atoms with Crippen LogP contribution in [0.5, 0.6) is 5.75 Å². The van der Waals surface area contributed by atoms with Crippen molar-refractivity contribution in [3.05, 3.63) is 65.7 Å². The predicted molar refractivity (Wildman–Crippen MR) is 126 cm³/mol. The third kappa shape index (κ3) is 6.81. The SMILES string of the molecule is CC(Oc1cccc(C(C)(C)C)c1)C(=O)NC(CN1CCN(C)CC1)c1ccccc1. The highest BCUT2D eigenvalue weighted by molar-refractivity contribution is 5.81. The number of rotatable bonds is 7. The van der Waals surface area contributed by atoms with Crippen LogP contribution in [0.4, 0.5) is 0 Å². The van der Waals surface area contributed by atoms with Crippen LogP contribution in [0.3, 0.4) is 0 Å². The van der Waals surface area contributed by atoms with E-state index in [-0.39, 0.29) is 17.4 Å². The molecule has 2 atom stereocenters. The maximum Gasteiger partial charge on any atom is 0.261 e. The van der Waals surface area contributed by atoms with Gasteiger partial charge in [0.2, 0.25) is 0 Å². The van der Waals surface area contributed by atoms with E-state index in [0.29, 0.717) is 0 Å². The number of benzene rings is 2. The van der Waals surface area contributed by atoms with Gasteiger partial charge in [0.15, 0.2) is 6.10 Å². The largest absolute Gasteiger partial charge is 0.481 e. The first kappa shape index (κ1) is 23.3. The molecule has 0 aliphatic carbocycles. The molecule has 5 nitrogen and oxygen atoms in total. The number of ether oxygens (including phenoxy) is 1. The molecular weight excluding hydrogens is 386 g/mol. The number of carbonyl (C=O) groups excluding carboxylic acids is 1. The molecule has 1 fully saturated rings. The lowest BCUT2D eigenvalue weighted by Gasteiger charge is -2.35. The summed E-state index contributed by atoms with van der Waals surface area (Å²) in [4.78, 5) is 17.8. The Morgan fingerprint density at radius 3 is 2.35 bits per heavy atom. The molecule has 2 unspecified atom stereocenters. The van der Waals surface area contributed by atoms with Crippen molar-refractivity contribution < 1.29 is 9.53 Å². The number of likely N-dealkylation sites (N-methyl/N-ethyl adjacent to an activating group) is 1. The van der Waals surface area contributed by atoms with Crippen molar-refractivity contribution in [1.29, 1.82) is 0 Å². The van der Waals surface area contributed by atoms with Crippen molar-refractivity contribution in [2.45, 2.75) is 45.3 Å². The van der Waals surface area contributed by atoms with E-state index in [1.165, 1.54) is 5.56 Å². The number of nitrogens with one attached hydrogen (secondary N) is 1. The Bertz CT molecular complexity index is 839. The molecule has 0 radical (unpaired) electrons. The Kier molecular flexibility index (Phi) is 7.74. The fourth-order valence-corrected chi connectivity index (χ4v) is 3.79. The number of hydrogen-bond donors (Lipinski definition) is 1. The summed E-state index contributed by atoms with van der Waals surface area (Å²) in [6.45, 7) is 13.3. The Morgan fingerprint density at radius 1 is 1.03 bits per heavy atom. The van der Waals surface area contributed by atoms with Gasteiger partial charge in [-0.2, -0.15) is 0 Å². The highest BCUT2D eigenvalue weighted by Crippen LogP contribution is 2.26. The van der Waals surface area contributed by atoms with Crippen molar-refractivity contribution >= 4 is 5.91 Å². The first-order chi connectivity index (χ1) is 14.7. The molecule has 0 spiro atoms. The smallest absolute Gasteiger partial charge is 0.261 e. The Morgan fingerprint density at radius 2 is 1.71 bits per heavy atom. The van der Waals surface area contributed by atoms with E-state index in [1.807, 2.05) is 43.3 Å². The van der Waals surface area contributed by atoms with E-state index in [2.05, 4.69) is 61.1 Å². The van der Waals surface area contributed by atoms with Gasteiger partial charge in [0.1, 0.15) is 5.75 Å². The maximum atomic E-state index is 13.0. The number of piperazine rings is 1. The second-order valence-corrected chi connectivity index (χ2v) is 9.61. The lowest BCUT2D eigenvalue weighted by Crippen LogP contribution is -2.49. The van der Waals surface area contributed by atoms with Crippen molar-refractivity contribution in [3.63, 3.8) is 0 Å². The Labute approximate surface area is 187 Å². The fourth-order valence-electron chi connectivity index (χ4n) is 3.79. The van der Waals surface area contributed by atoms with E-state index in [1.54, 1.807) is 0 Å². The lowest BCUT2D eigenvalue weighted by molar-refractivity contribution is -0.128. The van der Waals surface area contributed by atoms with Gasteiger partial charge >= 0.3 is 0 Å². The van der Waals surface area contributed by atoms with E-state index < -0.39 is 6.10 Å². The predicted octanol–water partition coefficient (Wildman–Crippen LogP) is 3.86. The molecule has 2 aromatic carbocycles. The van der Waals surface area contributed by atoms with Gasteiger partial charge < -0.3 is 15.0 Å². The van der Waals surface area contributed by atoms with E-state index in [0.717, 1.165) is 44.0 Å². The summed E-state index contributed by atoms with van der Waals surface area (Å²) in [7, 11) is 2.15. The van der Waals surface area contributed by atoms with Crippen LogP contribution in [0.25, 0.3) is 0 Å². The summed E-state index contributed by atoms with van der Waals surface area (Å²) in [5.41, 5.74) is 2.35. The standard InChI is InChI=1S/C26H37N3O2/c1-20(31-23-13-9-12-22(18-23)26(2,3)4)25(30)27-24(21-10-7-6-8-11-21)19-29-16-14-28(5)15-17-29/h6-13,18,20,24H,14-17,19H2,1-5H3,(H,27,30). The van der Waals surface area contributed by atoms with Crippen molar-refractivity contribution in [2.75, 3.05) is 39.8 Å². The fraction of sp³-hybridized carbons (Fsp3) is 0.500. The Balaban J connectivity index is 1.66. The third-order valence-electron chi connectivity index (χ3n) is 5.94. The van der Waals surface area contributed by atoms with Crippen molar-refractivity contribution in [2.24, 2.45) is 0 Å². The van der Waals surface area contributed by atoms with E-state index in [9.17, 15) is 4.79 Å². The van der Waals surface area contributed by atoms with Gasteiger partial charge in [-0.1, -0.05) is 63.2 Å². The minimum atomic E-state index is -0.575. The minimum Gasteiger partial charge on any atom is -0.481 e. The molecule has 1 N–H and O–H groups in total. The number of amides is 1. The normalized spacial score (nSPS) is 17.7. The van der Waals surface area contributed by atoms with Gasteiger partial charge in [-0.3, -0.25) is 9.69 Å². The number of carbonyl (C=O) groups is 1. The van der Waals surface area contributed by atoms with Crippen LogP contribution < -0.4 is 10.1 Å². The zero-order valence-electron chi connectivity index (χ0n) is 19.6. The molecule has 1 heterocycles. The van der Waals surface area contributed by atoms with E-state index in [4.69, 9.17) is 4.74 Å². The summed E-state index contributed by atoms with van der Waals surface area (Å²) in [5.74, 6) is 0.634. The molecule has 1 aliphatic heterocycles. The van der Waals surface area contributed by atoms with Crippen molar-refractivity contribution in [1.82, 2.24) is 15.1 Å². The maximum absolute atomic E-state index is 13.0. The lowest BCUT2D eigenvalue weighted by atomic mass is 9.87. The molecule has 3 rings (SSSR count). The minimum absolute atomic E-state index is 0.0335. The molecule has 1 amide bonds. The van der Waals surface area contributed by atoms with Crippen LogP contribution >= 0.6 is 0 Å². The molecule has 31 heavy (non-hydrogen) atoms. The molecule has 168 valence electrons. The van der Waals surface area contributed by atoms with Gasteiger partial charge in [-0.15, -0.1) is 0 Å². The molecule has 0 bridgehead atoms. The quantitative estimate of drug-likeness (QED) is 0.735. The summed E-state index contributed by atoms with van der Waals surface area (Å²) >= 11 is 0. The molecule has 0 saturated carbocycles. The number of nitrogens with zero attached hydrogens (tertiary/aromatic N) is 2. The molecule has 2 aromatic rings. The third-order valence-corrected chi connectivity index (χ3v) is 5.94. The Hall–Kier alpha value is -2.37. The topological polar surface area (TPSA) is 44.8 Å². The first-order valence-corrected chi connectivity index (χ1v) is 11.3. The van der Waals surface area contributed by atoms with Crippen LogP contribution in [0.15, 0.2) is 54.6 Å². The highest BCUT2D eigenvalue weighted by atomic mass is 16.5. The molecular formula is C26H37N3O2. The van der Waals surface area contributed by atoms with Crippen LogP contribution in [-0.4, -0.2) is 61.6 Å². The van der Waals surface area contributed by atoms with Gasteiger partial charge in [-0.05, 0) is 42.6 Å². The summed E-state index contributed by atoms with van der Waals surface area (Å²) in [6.07, 6.45) is -0.575. The van der Waals surface area contributed by atoms with Crippen LogP contribution in [0.2, 0.25) is 0 Å². The molecule has 1 aliphatic rings. The van der Waals surface area contributed by atoms with Gasteiger partial charge in [0.25, 0.3) is 5.91 Å². The van der Waals surface area contributed by atoms with Gasteiger partial charge in [0.05, 0.1) is 6.04 Å². The average molecular weight is 424 g/mol. The van der Waals surface area contributed by atoms with E-state index >= 15 is 0 Å². The molecule has 1 saturated heterocycles. The molecule has 0 aromatic heterocycles. The van der Waals surface area contributed by atoms with Crippen LogP contribution in [-0.2, 0) is 10.2 Å². The second kappa shape index (κ2) is 10.3. The molecule has 5 heteroatoms. The van der Waals surface area contributed by atoms with Crippen molar-refractivity contribution in [3.8, 4) is 5.75 Å². The monoisotopic (exact) mass is 423 g/mol.